The Morgan fingerprint density at radius 2 is 1.89 bits per heavy atom. The summed E-state index contributed by atoms with van der Waals surface area (Å²) in [6.45, 7) is 2.76. The van der Waals surface area contributed by atoms with Gasteiger partial charge in [-0.1, -0.05) is 12.2 Å². The van der Waals surface area contributed by atoms with E-state index >= 15 is 0 Å². The lowest BCUT2D eigenvalue weighted by Gasteiger charge is -2.15. The molecule has 0 aliphatic heterocycles. The second-order valence-corrected chi connectivity index (χ2v) is 5.53. The predicted octanol–water partition coefficient (Wildman–Crippen LogP) is 1.31. The van der Waals surface area contributed by atoms with E-state index in [1.807, 2.05) is 44.9 Å². The monoisotopic (exact) mass is 286 g/mol. The van der Waals surface area contributed by atoms with Gasteiger partial charge in [0.1, 0.15) is 4.32 Å². The Morgan fingerprint density at radius 3 is 2.39 bits per heavy atom. The van der Waals surface area contributed by atoms with Crippen molar-refractivity contribution in [2.75, 3.05) is 45.0 Å². The second kappa shape index (κ2) is 6.69. The molecule has 1 N–H and O–H groups in total. The van der Waals surface area contributed by atoms with Gasteiger partial charge in [-0.15, -0.1) is 0 Å². The number of anilines is 2. The highest BCUT2D eigenvalue weighted by molar-refractivity contribution is 8.22. The Balaban J connectivity index is 2.99. The van der Waals surface area contributed by atoms with E-state index in [0.29, 0.717) is 21.4 Å². The summed E-state index contributed by atoms with van der Waals surface area (Å²) < 4.78 is 0.716. The van der Waals surface area contributed by atoms with Crippen molar-refractivity contribution < 1.29 is 0 Å². The maximum atomic E-state index is 5.23. The molecule has 1 aromatic rings. The third-order valence-electron chi connectivity index (χ3n) is 1.88. The van der Waals surface area contributed by atoms with Crippen LogP contribution in [0.15, 0.2) is 5.16 Å². The van der Waals surface area contributed by atoms with Crippen LogP contribution in [-0.4, -0.2) is 58.9 Å². The summed E-state index contributed by atoms with van der Waals surface area (Å²) in [6.07, 6.45) is 0. The molecule has 1 rings (SSSR count). The molecule has 0 atom stereocenters. The van der Waals surface area contributed by atoms with E-state index in [9.17, 15) is 0 Å². The zero-order valence-electron chi connectivity index (χ0n) is 11.3. The summed E-state index contributed by atoms with van der Waals surface area (Å²) in [6, 6.07) is 0. The van der Waals surface area contributed by atoms with Gasteiger partial charge in [0.25, 0.3) is 0 Å². The van der Waals surface area contributed by atoms with Crippen LogP contribution in [0.25, 0.3) is 0 Å². The molecule has 0 aliphatic rings. The van der Waals surface area contributed by atoms with Crippen molar-refractivity contribution in [1.29, 1.82) is 0 Å². The molecule has 100 valence electrons. The number of thioether (sulfide) groups is 1. The highest BCUT2D eigenvalue weighted by Crippen LogP contribution is 2.20. The van der Waals surface area contributed by atoms with Crippen LogP contribution in [0.5, 0.6) is 0 Å². The topological polar surface area (TPSA) is 57.2 Å². The molecule has 0 aromatic carbocycles. The number of hydrogen-bond donors (Lipinski definition) is 1. The molecule has 6 nitrogen and oxygen atoms in total. The lowest BCUT2D eigenvalue weighted by molar-refractivity contribution is 0.647. The van der Waals surface area contributed by atoms with Crippen LogP contribution in [0, 0.1) is 0 Å². The molecule has 1 aromatic heterocycles. The van der Waals surface area contributed by atoms with E-state index in [-0.39, 0.29) is 0 Å². The summed E-state index contributed by atoms with van der Waals surface area (Å²) >= 11 is 6.58. The van der Waals surface area contributed by atoms with Crippen molar-refractivity contribution in [3.05, 3.63) is 0 Å². The van der Waals surface area contributed by atoms with Gasteiger partial charge in [0, 0.05) is 34.7 Å². The molecule has 0 saturated carbocycles. The molecule has 0 radical (unpaired) electrons. The minimum absolute atomic E-state index is 0.570. The van der Waals surface area contributed by atoms with Crippen LogP contribution in [0.2, 0.25) is 0 Å². The molecule has 18 heavy (non-hydrogen) atoms. The predicted molar refractivity (Wildman–Crippen MR) is 80.5 cm³/mol. The molecule has 0 fully saturated rings. The van der Waals surface area contributed by atoms with Gasteiger partial charge in [0.2, 0.25) is 17.1 Å². The van der Waals surface area contributed by atoms with Crippen LogP contribution in [0.3, 0.4) is 0 Å². The molecule has 0 bridgehead atoms. The molecule has 0 unspecified atom stereocenters. The second-order valence-electron chi connectivity index (χ2n) is 3.93. The molecule has 8 heteroatoms. The van der Waals surface area contributed by atoms with Crippen molar-refractivity contribution in [2.24, 2.45) is 0 Å². The quantitative estimate of drug-likeness (QED) is 0.657. The van der Waals surface area contributed by atoms with Gasteiger partial charge in [-0.05, 0) is 18.7 Å². The largest absolute Gasteiger partial charge is 0.363 e. The highest BCUT2D eigenvalue weighted by atomic mass is 32.2. The number of nitrogens with one attached hydrogen (secondary N) is 1. The SMILES string of the molecule is CCNc1nc(SC(=S)N(C)C)nc(N(C)C)n1. The Labute approximate surface area is 117 Å². The number of aromatic nitrogens is 3. The number of thiocarbonyl (C=S) groups is 1. The Kier molecular flexibility index (Phi) is 5.54. The van der Waals surface area contributed by atoms with Crippen LogP contribution >= 0.6 is 24.0 Å². The number of nitrogens with zero attached hydrogens (tertiary/aromatic N) is 5. The van der Waals surface area contributed by atoms with E-state index in [0.717, 1.165) is 6.54 Å². The van der Waals surface area contributed by atoms with Gasteiger partial charge >= 0.3 is 0 Å². The maximum Gasteiger partial charge on any atom is 0.230 e. The fourth-order valence-electron chi connectivity index (χ4n) is 0.998. The van der Waals surface area contributed by atoms with E-state index in [2.05, 4.69) is 20.3 Å². The normalized spacial score (nSPS) is 10.1. The fourth-order valence-corrected chi connectivity index (χ4v) is 1.82. The lowest BCUT2D eigenvalue weighted by atomic mass is 10.7. The molecular weight excluding hydrogens is 268 g/mol. The van der Waals surface area contributed by atoms with Gasteiger partial charge in [-0.2, -0.15) is 15.0 Å². The fraction of sp³-hybridized carbons (Fsp3) is 0.600. The van der Waals surface area contributed by atoms with Crippen LogP contribution < -0.4 is 10.2 Å². The number of rotatable bonds is 4. The summed E-state index contributed by atoms with van der Waals surface area (Å²) in [4.78, 5) is 16.7. The lowest BCUT2D eigenvalue weighted by Crippen LogP contribution is -2.18. The van der Waals surface area contributed by atoms with Gasteiger partial charge in [0.15, 0.2) is 0 Å². The highest BCUT2D eigenvalue weighted by Gasteiger charge is 2.11. The Morgan fingerprint density at radius 1 is 1.22 bits per heavy atom. The third-order valence-corrected chi connectivity index (χ3v) is 3.40. The Bertz CT molecular complexity index is 421. The average Bonchev–Trinajstić information content (AvgIpc) is 2.28. The standard InChI is InChI=1S/C10H18N6S2/c1-6-11-7-12-8(15(2)3)14-9(13-7)18-10(17)16(4)5/h6H2,1-5H3,(H,11,12,13,14). The first-order valence-electron chi connectivity index (χ1n) is 5.50. The van der Waals surface area contributed by atoms with Gasteiger partial charge < -0.3 is 15.1 Å². The van der Waals surface area contributed by atoms with E-state index in [4.69, 9.17) is 12.2 Å². The average molecular weight is 286 g/mol. The molecule has 0 spiro atoms. The van der Waals surface area contributed by atoms with Gasteiger partial charge in [-0.25, -0.2) is 0 Å². The van der Waals surface area contributed by atoms with Crippen LogP contribution in [0.1, 0.15) is 6.92 Å². The Hall–Kier alpha value is -1.15. The maximum absolute atomic E-state index is 5.23. The van der Waals surface area contributed by atoms with Gasteiger partial charge in [-0.3, -0.25) is 0 Å². The van der Waals surface area contributed by atoms with Crippen molar-refractivity contribution >= 4 is 40.2 Å². The van der Waals surface area contributed by atoms with Gasteiger partial charge in [0.05, 0.1) is 0 Å². The van der Waals surface area contributed by atoms with Crippen molar-refractivity contribution in [1.82, 2.24) is 19.9 Å². The molecule has 1 heterocycles. The summed E-state index contributed by atoms with van der Waals surface area (Å²) in [5, 5.41) is 3.69. The van der Waals surface area contributed by atoms with Crippen LogP contribution in [-0.2, 0) is 0 Å². The molecular formula is C10H18N6S2. The summed E-state index contributed by atoms with van der Waals surface area (Å²) in [7, 11) is 7.58. The molecule has 0 aliphatic carbocycles. The minimum atomic E-state index is 0.570. The van der Waals surface area contributed by atoms with E-state index < -0.39 is 0 Å². The first-order valence-corrected chi connectivity index (χ1v) is 6.73. The van der Waals surface area contributed by atoms with Crippen LogP contribution in [0.4, 0.5) is 11.9 Å². The van der Waals surface area contributed by atoms with E-state index in [1.54, 1.807) is 0 Å². The van der Waals surface area contributed by atoms with Crippen molar-refractivity contribution in [2.45, 2.75) is 12.1 Å². The van der Waals surface area contributed by atoms with E-state index in [1.165, 1.54) is 11.8 Å². The smallest absolute Gasteiger partial charge is 0.230 e. The zero-order chi connectivity index (χ0) is 13.7. The summed E-state index contributed by atoms with van der Waals surface area (Å²) in [5.41, 5.74) is 0. The first kappa shape index (κ1) is 14.9. The first-order chi connectivity index (χ1) is 8.43. The minimum Gasteiger partial charge on any atom is -0.363 e. The number of hydrogen-bond acceptors (Lipinski definition) is 7. The molecule has 0 saturated heterocycles. The third kappa shape index (κ3) is 4.26. The van der Waals surface area contributed by atoms with Crippen molar-refractivity contribution in [3.8, 4) is 0 Å². The summed E-state index contributed by atoms with van der Waals surface area (Å²) in [5.74, 6) is 1.19. The zero-order valence-corrected chi connectivity index (χ0v) is 12.9. The van der Waals surface area contributed by atoms with Crippen molar-refractivity contribution in [3.63, 3.8) is 0 Å². The molecule has 0 amide bonds.